The molecule has 0 heterocycles. The number of rotatable bonds is 6. The Morgan fingerprint density at radius 2 is 1.75 bits per heavy atom. The molecule has 0 amide bonds. The maximum atomic E-state index is 3.67. The van der Waals surface area contributed by atoms with E-state index >= 15 is 0 Å². The Hall–Kier alpha value is -1.30. The standard InChI is InChI=1S/C16H24/c1-6-9-15(4)12-8-13-16(5)11-7-10-14(2)3/h6,8-10,12-13H,1,7,11H2,2-5H3/b12-8+,15-9+,16-13+. The highest BCUT2D eigenvalue weighted by atomic mass is 13.9. The fourth-order valence-electron chi connectivity index (χ4n) is 1.28. The van der Waals surface area contributed by atoms with Crippen molar-refractivity contribution in [3.05, 3.63) is 59.8 Å². The Balaban J connectivity index is 4.09. The third-order valence-corrected chi connectivity index (χ3v) is 2.21. The molecule has 0 aliphatic heterocycles. The van der Waals surface area contributed by atoms with Gasteiger partial charge in [-0.15, -0.1) is 0 Å². The lowest BCUT2D eigenvalue weighted by Gasteiger charge is -1.96. The van der Waals surface area contributed by atoms with E-state index in [4.69, 9.17) is 0 Å². The van der Waals surface area contributed by atoms with Gasteiger partial charge in [-0.05, 0) is 40.5 Å². The van der Waals surface area contributed by atoms with Crippen LogP contribution in [0, 0.1) is 0 Å². The first-order valence-corrected chi connectivity index (χ1v) is 5.82. The van der Waals surface area contributed by atoms with Crippen molar-refractivity contribution in [1.29, 1.82) is 0 Å². The highest BCUT2D eigenvalue weighted by molar-refractivity contribution is 5.24. The molecule has 0 fully saturated rings. The van der Waals surface area contributed by atoms with Crippen molar-refractivity contribution in [1.82, 2.24) is 0 Å². The van der Waals surface area contributed by atoms with E-state index in [1.165, 1.54) is 16.7 Å². The molecule has 0 aromatic rings. The van der Waals surface area contributed by atoms with Gasteiger partial charge in [0.25, 0.3) is 0 Å². The maximum absolute atomic E-state index is 3.67. The topological polar surface area (TPSA) is 0 Å². The van der Waals surface area contributed by atoms with Crippen LogP contribution in [0.2, 0.25) is 0 Å². The molecule has 0 aromatic carbocycles. The third kappa shape index (κ3) is 9.26. The van der Waals surface area contributed by atoms with Gasteiger partial charge in [0.1, 0.15) is 0 Å². The molecule has 0 N–H and O–H groups in total. The van der Waals surface area contributed by atoms with E-state index < -0.39 is 0 Å². The van der Waals surface area contributed by atoms with Gasteiger partial charge in [0.2, 0.25) is 0 Å². The highest BCUT2D eigenvalue weighted by Crippen LogP contribution is 2.07. The van der Waals surface area contributed by atoms with Crippen LogP contribution in [-0.2, 0) is 0 Å². The molecular formula is C16H24. The zero-order chi connectivity index (χ0) is 12.4. The molecule has 0 aliphatic carbocycles. The summed E-state index contributed by atoms with van der Waals surface area (Å²) < 4.78 is 0. The van der Waals surface area contributed by atoms with Crippen molar-refractivity contribution in [2.45, 2.75) is 40.5 Å². The van der Waals surface area contributed by atoms with Crippen LogP contribution in [-0.4, -0.2) is 0 Å². The van der Waals surface area contributed by atoms with Crippen LogP contribution in [0.5, 0.6) is 0 Å². The Kier molecular flexibility index (Phi) is 8.24. The van der Waals surface area contributed by atoms with Gasteiger partial charge in [-0.25, -0.2) is 0 Å². The molecule has 0 bridgehead atoms. The van der Waals surface area contributed by atoms with Crippen LogP contribution in [0.15, 0.2) is 59.8 Å². The Bertz CT molecular complexity index is 318. The zero-order valence-electron chi connectivity index (χ0n) is 11.1. The van der Waals surface area contributed by atoms with Crippen LogP contribution in [0.4, 0.5) is 0 Å². The highest BCUT2D eigenvalue weighted by Gasteiger charge is 1.86. The summed E-state index contributed by atoms with van der Waals surface area (Å²) in [6, 6.07) is 0. The molecule has 0 radical (unpaired) electrons. The third-order valence-electron chi connectivity index (χ3n) is 2.21. The first kappa shape index (κ1) is 14.7. The lowest BCUT2D eigenvalue weighted by molar-refractivity contribution is 0.967. The molecule has 0 saturated carbocycles. The molecule has 0 aromatic heterocycles. The minimum absolute atomic E-state index is 1.14. The minimum Gasteiger partial charge on any atom is -0.0991 e. The van der Waals surface area contributed by atoms with Crippen molar-refractivity contribution < 1.29 is 0 Å². The lowest BCUT2D eigenvalue weighted by atomic mass is 10.1. The molecule has 0 atom stereocenters. The number of hydrogen-bond acceptors (Lipinski definition) is 0. The molecule has 0 heteroatoms. The normalized spacial score (nSPS) is 13.0. The molecule has 0 spiro atoms. The predicted molar refractivity (Wildman–Crippen MR) is 75.5 cm³/mol. The summed E-state index contributed by atoms with van der Waals surface area (Å²) in [7, 11) is 0. The van der Waals surface area contributed by atoms with Crippen LogP contribution < -0.4 is 0 Å². The van der Waals surface area contributed by atoms with Crippen LogP contribution in [0.25, 0.3) is 0 Å². The second-order valence-corrected chi connectivity index (χ2v) is 4.34. The summed E-state index contributed by atoms with van der Waals surface area (Å²) in [5.41, 5.74) is 4.04. The van der Waals surface area contributed by atoms with Gasteiger partial charge < -0.3 is 0 Å². The first-order valence-electron chi connectivity index (χ1n) is 5.82. The maximum Gasteiger partial charge on any atom is -0.0285 e. The van der Waals surface area contributed by atoms with E-state index in [9.17, 15) is 0 Å². The summed E-state index contributed by atoms with van der Waals surface area (Å²) in [5, 5.41) is 0. The van der Waals surface area contributed by atoms with Crippen LogP contribution in [0.3, 0.4) is 0 Å². The fourth-order valence-corrected chi connectivity index (χ4v) is 1.28. The Labute approximate surface area is 101 Å². The zero-order valence-corrected chi connectivity index (χ0v) is 11.1. The second kappa shape index (κ2) is 8.96. The van der Waals surface area contributed by atoms with Gasteiger partial charge in [0.15, 0.2) is 0 Å². The second-order valence-electron chi connectivity index (χ2n) is 4.34. The quantitative estimate of drug-likeness (QED) is 0.414. The molecule has 0 nitrogen and oxygen atoms in total. The molecule has 0 saturated heterocycles. The monoisotopic (exact) mass is 216 g/mol. The van der Waals surface area contributed by atoms with Crippen molar-refractivity contribution in [3.63, 3.8) is 0 Å². The van der Waals surface area contributed by atoms with Gasteiger partial charge in [-0.3, -0.25) is 0 Å². The van der Waals surface area contributed by atoms with Crippen LogP contribution in [0.1, 0.15) is 40.5 Å². The van der Waals surface area contributed by atoms with Gasteiger partial charge in [-0.1, -0.05) is 59.8 Å². The fraction of sp³-hybridized carbons (Fsp3) is 0.375. The van der Waals surface area contributed by atoms with Gasteiger partial charge in [-0.2, -0.15) is 0 Å². The van der Waals surface area contributed by atoms with E-state index in [0.717, 1.165) is 12.8 Å². The van der Waals surface area contributed by atoms with Crippen molar-refractivity contribution >= 4 is 0 Å². The van der Waals surface area contributed by atoms with Crippen molar-refractivity contribution in [2.75, 3.05) is 0 Å². The van der Waals surface area contributed by atoms with E-state index in [1.807, 2.05) is 12.2 Å². The molecule has 0 aliphatic rings. The average molecular weight is 216 g/mol. The molecule has 0 unspecified atom stereocenters. The minimum atomic E-state index is 1.14. The van der Waals surface area contributed by atoms with E-state index in [2.05, 4.69) is 58.6 Å². The summed E-state index contributed by atoms with van der Waals surface area (Å²) >= 11 is 0. The number of allylic oxidation sites excluding steroid dienone is 9. The van der Waals surface area contributed by atoms with Crippen LogP contribution >= 0.6 is 0 Å². The van der Waals surface area contributed by atoms with E-state index in [0.29, 0.717) is 0 Å². The Morgan fingerprint density at radius 3 is 2.31 bits per heavy atom. The predicted octanol–water partition coefficient (Wildman–Crippen LogP) is 5.37. The largest absolute Gasteiger partial charge is 0.0991 e. The summed E-state index contributed by atoms with van der Waals surface area (Å²) in [4.78, 5) is 0. The summed E-state index contributed by atoms with van der Waals surface area (Å²) in [6.45, 7) is 12.2. The van der Waals surface area contributed by atoms with E-state index in [-0.39, 0.29) is 0 Å². The Morgan fingerprint density at radius 1 is 1.06 bits per heavy atom. The molecular weight excluding hydrogens is 192 g/mol. The van der Waals surface area contributed by atoms with Crippen molar-refractivity contribution in [2.24, 2.45) is 0 Å². The van der Waals surface area contributed by atoms with Crippen molar-refractivity contribution in [3.8, 4) is 0 Å². The van der Waals surface area contributed by atoms with Gasteiger partial charge in [0.05, 0.1) is 0 Å². The SMILES string of the molecule is C=C/C=C(C)/C=C/C=C(\C)CCC=C(C)C. The van der Waals surface area contributed by atoms with E-state index in [1.54, 1.807) is 0 Å². The lowest BCUT2D eigenvalue weighted by Crippen LogP contribution is -1.76. The molecule has 16 heavy (non-hydrogen) atoms. The summed E-state index contributed by atoms with van der Waals surface area (Å²) in [5.74, 6) is 0. The van der Waals surface area contributed by atoms with Gasteiger partial charge in [0, 0.05) is 0 Å². The van der Waals surface area contributed by atoms with Gasteiger partial charge >= 0.3 is 0 Å². The average Bonchev–Trinajstić information content (AvgIpc) is 2.17. The smallest absolute Gasteiger partial charge is 0.0285 e. The summed E-state index contributed by atoms with van der Waals surface area (Å²) in [6.07, 6.45) is 14.8. The molecule has 0 rings (SSSR count). The molecule has 88 valence electrons. The number of hydrogen-bond donors (Lipinski definition) is 0. The first-order chi connectivity index (χ1) is 7.56.